The van der Waals surface area contributed by atoms with Gasteiger partial charge in [-0.25, -0.2) is 0 Å². The first-order valence-corrected chi connectivity index (χ1v) is 6.96. The minimum atomic E-state index is -0.487. The number of halogens is 1. The lowest BCUT2D eigenvalue weighted by Crippen LogP contribution is -2.31. The molecule has 92 valence electrons. The molecule has 2 nitrogen and oxygen atoms in total. The zero-order valence-electron chi connectivity index (χ0n) is 9.95. The molecule has 3 heteroatoms. The van der Waals surface area contributed by atoms with Crippen LogP contribution < -0.4 is 4.74 Å². The number of aliphatic hydroxyl groups is 1. The van der Waals surface area contributed by atoms with Gasteiger partial charge in [0.05, 0.1) is 12.7 Å². The van der Waals surface area contributed by atoms with Crippen molar-refractivity contribution in [2.75, 3.05) is 7.11 Å². The van der Waals surface area contributed by atoms with E-state index in [1.54, 1.807) is 7.11 Å². The summed E-state index contributed by atoms with van der Waals surface area (Å²) < 4.78 is 6.42. The summed E-state index contributed by atoms with van der Waals surface area (Å²) in [6.45, 7) is 0. The maximum absolute atomic E-state index is 10.7. The summed E-state index contributed by atoms with van der Waals surface area (Å²) >= 11 is 3.48. The minimum absolute atomic E-state index is 0.487. The lowest BCUT2D eigenvalue weighted by atomic mass is 9.89. The molecule has 2 aliphatic rings. The summed E-state index contributed by atoms with van der Waals surface area (Å²) in [7, 11) is 1.69. The van der Waals surface area contributed by atoms with Crippen LogP contribution in [-0.2, 0) is 6.42 Å². The van der Waals surface area contributed by atoms with E-state index in [9.17, 15) is 5.11 Å². The number of fused-ring (bicyclic) bond motifs is 1. The molecule has 1 N–H and O–H groups in total. The molecule has 0 bridgehead atoms. The predicted molar refractivity (Wildman–Crippen MR) is 70.2 cm³/mol. The Balaban J connectivity index is 1.86. The van der Waals surface area contributed by atoms with Crippen LogP contribution in [-0.4, -0.2) is 17.8 Å². The van der Waals surface area contributed by atoms with Crippen LogP contribution in [0.25, 0.3) is 0 Å². The van der Waals surface area contributed by atoms with Crippen LogP contribution in [0.3, 0.4) is 0 Å². The second kappa shape index (κ2) is 3.99. The molecule has 0 spiro atoms. The summed E-state index contributed by atoms with van der Waals surface area (Å²) in [6, 6.07) is 6.00. The predicted octanol–water partition coefficient (Wildman–Crippen LogP) is 3.16. The van der Waals surface area contributed by atoms with Crippen LogP contribution >= 0.6 is 15.9 Å². The Kier molecular flexibility index (Phi) is 2.71. The largest absolute Gasteiger partial charge is 0.496 e. The molecule has 1 aromatic rings. The summed E-state index contributed by atoms with van der Waals surface area (Å²) in [5.41, 5.74) is 0.621. The van der Waals surface area contributed by atoms with E-state index in [1.165, 1.54) is 12.8 Å². The fraction of sp³-hybridized carbons (Fsp3) is 0.571. The molecule has 0 radical (unpaired) electrons. The van der Waals surface area contributed by atoms with E-state index in [4.69, 9.17) is 4.74 Å². The normalized spacial score (nSPS) is 34.5. The second-order valence-electron chi connectivity index (χ2n) is 5.38. The number of hydrogen-bond donors (Lipinski definition) is 1. The van der Waals surface area contributed by atoms with Gasteiger partial charge in [0.1, 0.15) is 5.75 Å². The fourth-order valence-electron chi connectivity index (χ4n) is 3.28. The highest BCUT2D eigenvalue weighted by molar-refractivity contribution is 9.10. The van der Waals surface area contributed by atoms with Crippen LogP contribution in [0.1, 0.15) is 24.8 Å². The molecule has 2 fully saturated rings. The van der Waals surface area contributed by atoms with Crippen molar-refractivity contribution in [2.45, 2.75) is 31.3 Å². The van der Waals surface area contributed by atoms with Crippen molar-refractivity contribution in [3.05, 3.63) is 28.2 Å². The molecule has 0 heterocycles. The number of hydrogen-bond acceptors (Lipinski definition) is 2. The van der Waals surface area contributed by atoms with Crippen LogP contribution in [0.5, 0.6) is 5.75 Å². The van der Waals surface area contributed by atoms with E-state index in [0.29, 0.717) is 5.92 Å². The summed E-state index contributed by atoms with van der Waals surface area (Å²) in [4.78, 5) is 0. The van der Waals surface area contributed by atoms with E-state index in [2.05, 4.69) is 22.0 Å². The van der Waals surface area contributed by atoms with Crippen molar-refractivity contribution in [1.29, 1.82) is 0 Å². The molecule has 3 rings (SSSR count). The Morgan fingerprint density at radius 1 is 1.53 bits per heavy atom. The van der Waals surface area contributed by atoms with Crippen molar-refractivity contribution in [2.24, 2.45) is 11.8 Å². The van der Waals surface area contributed by atoms with Gasteiger partial charge in [0.2, 0.25) is 0 Å². The lowest BCUT2D eigenvalue weighted by Gasteiger charge is -2.25. The molecule has 1 aromatic carbocycles. The van der Waals surface area contributed by atoms with Gasteiger partial charge in [-0.3, -0.25) is 0 Å². The first-order chi connectivity index (χ1) is 8.12. The van der Waals surface area contributed by atoms with E-state index < -0.39 is 5.60 Å². The van der Waals surface area contributed by atoms with Gasteiger partial charge in [0.15, 0.2) is 0 Å². The maximum atomic E-state index is 10.7. The van der Waals surface area contributed by atoms with Gasteiger partial charge < -0.3 is 9.84 Å². The Morgan fingerprint density at radius 2 is 2.35 bits per heavy atom. The van der Waals surface area contributed by atoms with Crippen molar-refractivity contribution >= 4 is 15.9 Å². The third kappa shape index (κ3) is 2.00. The van der Waals surface area contributed by atoms with Crippen LogP contribution in [0, 0.1) is 11.8 Å². The highest BCUT2D eigenvalue weighted by atomic mass is 79.9. The SMILES string of the molecule is COc1ccc(Br)cc1CC1(O)CCC2CC21. The highest BCUT2D eigenvalue weighted by Crippen LogP contribution is 2.58. The van der Waals surface area contributed by atoms with Gasteiger partial charge >= 0.3 is 0 Å². The Labute approximate surface area is 110 Å². The van der Waals surface area contributed by atoms with Gasteiger partial charge in [0.25, 0.3) is 0 Å². The number of ether oxygens (including phenoxy) is 1. The molecule has 0 aliphatic heterocycles. The Bertz CT molecular complexity index is 446. The average Bonchev–Trinajstić information content (AvgIpc) is 3.01. The Hall–Kier alpha value is -0.540. The highest BCUT2D eigenvalue weighted by Gasteiger charge is 2.56. The Morgan fingerprint density at radius 3 is 2.94 bits per heavy atom. The van der Waals surface area contributed by atoms with Crippen LogP contribution in [0.15, 0.2) is 22.7 Å². The molecule has 3 unspecified atom stereocenters. The molecule has 0 saturated heterocycles. The molecular formula is C14H17BrO2. The number of methoxy groups -OCH3 is 1. The van der Waals surface area contributed by atoms with Gasteiger partial charge in [-0.1, -0.05) is 15.9 Å². The maximum Gasteiger partial charge on any atom is 0.122 e. The van der Waals surface area contributed by atoms with E-state index in [-0.39, 0.29) is 0 Å². The van der Waals surface area contributed by atoms with E-state index >= 15 is 0 Å². The molecule has 17 heavy (non-hydrogen) atoms. The zero-order chi connectivity index (χ0) is 12.0. The monoisotopic (exact) mass is 296 g/mol. The quantitative estimate of drug-likeness (QED) is 0.928. The average molecular weight is 297 g/mol. The minimum Gasteiger partial charge on any atom is -0.496 e. The zero-order valence-corrected chi connectivity index (χ0v) is 11.5. The molecule has 2 saturated carbocycles. The summed E-state index contributed by atoms with van der Waals surface area (Å²) in [5.74, 6) is 2.20. The molecule has 3 atom stereocenters. The molecule has 0 amide bonds. The number of benzene rings is 1. The molecule has 2 aliphatic carbocycles. The smallest absolute Gasteiger partial charge is 0.122 e. The molecular weight excluding hydrogens is 280 g/mol. The van der Waals surface area contributed by atoms with Gasteiger partial charge in [-0.2, -0.15) is 0 Å². The van der Waals surface area contributed by atoms with Crippen molar-refractivity contribution in [3.63, 3.8) is 0 Å². The van der Waals surface area contributed by atoms with Crippen LogP contribution in [0.2, 0.25) is 0 Å². The van der Waals surface area contributed by atoms with Gasteiger partial charge in [-0.15, -0.1) is 0 Å². The number of rotatable bonds is 3. The first kappa shape index (κ1) is 11.5. The van der Waals surface area contributed by atoms with E-state index in [1.807, 2.05) is 12.1 Å². The van der Waals surface area contributed by atoms with Crippen molar-refractivity contribution < 1.29 is 9.84 Å². The molecule has 0 aromatic heterocycles. The fourth-order valence-corrected chi connectivity index (χ4v) is 3.69. The van der Waals surface area contributed by atoms with Crippen molar-refractivity contribution in [3.8, 4) is 5.75 Å². The topological polar surface area (TPSA) is 29.5 Å². The van der Waals surface area contributed by atoms with Gasteiger partial charge in [-0.05, 0) is 54.9 Å². The van der Waals surface area contributed by atoms with Crippen molar-refractivity contribution in [1.82, 2.24) is 0 Å². The third-order valence-corrected chi connectivity index (χ3v) is 4.79. The second-order valence-corrected chi connectivity index (χ2v) is 6.29. The first-order valence-electron chi connectivity index (χ1n) is 6.17. The van der Waals surface area contributed by atoms with Crippen LogP contribution in [0.4, 0.5) is 0 Å². The van der Waals surface area contributed by atoms with Gasteiger partial charge in [0, 0.05) is 10.9 Å². The van der Waals surface area contributed by atoms with E-state index in [0.717, 1.165) is 34.5 Å². The standard InChI is InChI=1S/C14H17BrO2/c1-17-13-3-2-11(15)6-10(13)8-14(16)5-4-9-7-12(9)14/h2-3,6,9,12,16H,4-5,7-8H2,1H3. The third-order valence-electron chi connectivity index (χ3n) is 4.30. The lowest BCUT2D eigenvalue weighted by molar-refractivity contribution is 0.0248. The summed E-state index contributed by atoms with van der Waals surface area (Å²) in [6.07, 6.45) is 4.07. The summed E-state index contributed by atoms with van der Waals surface area (Å²) in [5, 5.41) is 10.7.